The molecule has 0 unspecified atom stereocenters. The molecule has 118 valence electrons. The number of anilines is 1. The second-order valence-electron chi connectivity index (χ2n) is 4.55. The van der Waals surface area contributed by atoms with Gasteiger partial charge in [-0.2, -0.15) is 9.06 Å². The van der Waals surface area contributed by atoms with Crippen LogP contribution in [0.4, 0.5) is 5.13 Å². The van der Waals surface area contributed by atoms with Crippen molar-refractivity contribution in [3.05, 3.63) is 46.0 Å². The third-order valence-corrected chi connectivity index (χ3v) is 4.03. The Hall–Kier alpha value is -2.59. The molecule has 3 rings (SSSR count). The average molecular weight is 351 g/mol. The molecule has 23 heavy (non-hydrogen) atoms. The molecular formula is C12H11ClN8OS. The summed E-state index contributed by atoms with van der Waals surface area (Å²) in [6.07, 6.45) is 0.336. The lowest BCUT2D eigenvalue weighted by Crippen LogP contribution is -2.19. The fourth-order valence-electron chi connectivity index (χ4n) is 2.08. The molecule has 1 aromatic carbocycles. The van der Waals surface area contributed by atoms with Gasteiger partial charge in [0.25, 0.3) is 0 Å². The third-order valence-electron chi connectivity index (χ3n) is 3.10. The Bertz CT molecular complexity index is 874. The normalized spacial score (nSPS) is 11.8. The second kappa shape index (κ2) is 6.26. The SMILES string of the molecule is Cc1nnnn1C(=NO)c1cccc(Cl)c1Cc1nsc(N)n1. The molecule has 0 spiro atoms. The van der Waals surface area contributed by atoms with E-state index in [0.29, 0.717) is 39.4 Å². The van der Waals surface area contributed by atoms with E-state index in [1.165, 1.54) is 4.68 Å². The minimum Gasteiger partial charge on any atom is -0.409 e. The fourth-order valence-corrected chi connectivity index (χ4v) is 2.77. The Labute approximate surface area is 139 Å². The van der Waals surface area contributed by atoms with Gasteiger partial charge in [0.2, 0.25) is 5.84 Å². The molecule has 9 nitrogen and oxygen atoms in total. The van der Waals surface area contributed by atoms with E-state index in [0.717, 1.165) is 11.5 Å². The first-order valence-electron chi connectivity index (χ1n) is 6.43. The molecule has 0 aliphatic carbocycles. The minimum atomic E-state index is 0.160. The third kappa shape index (κ3) is 2.98. The summed E-state index contributed by atoms with van der Waals surface area (Å²) in [6.45, 7) is 1.69. The molecule has 0 radical (unpaired) electrons. The topological polar surface area (TPSA) is 128 Å². The van der Waals surface area contributed by atoms with Crippen LogP contribution in [0.5, 0.6) is 0 Å². The van der Waals surface area contributed by atoms with Crippen molar-refractivity contribution in [1.82, 2.24) is 29.6 Å². The van der Waals surface area contributed by atoms with Crippen LogP contribution in [0.2, 0.25) is 5.02 Å². The molecule has 0 bridgehead atoms. The van der Waals surface area contributed by atoms with Gasteiger partial charge in [0.05, 0.1) is 0 Å². The predicted octanol–water partition coefficient (Wildman–Crippen LogP) is 1.34. The van der Waals surface area contributed by atoms with Crippen molar-refractivity contribution in [1.29, 1.82) is 0 Å². The molecule has 11 heteroatoms. The van der Waals surface area contributed by atoms with Crippen molar-refractivity contribution in [3.63, 3.8) is 0 Å². The number of nitrogens with two attached hydrogens (primary N) is 1. The van der Waals surface area contributed by atoms with Crippen molar-refractivity contribution in [3.8, 4) is 0 Å². The van der Waals surface area contributed by atoms with Crippen LogP contribution >= 0.6 is 23.1 Å². The quantitative estimate of drug-likeness (QED) is 0.315. The molecule has 2 heterocycles. The van der Waals surface area contributed by atoms with E-state index in [9.17, 15) is 5.21 Å². The number of hydrogen-bond donors (Lipinski definition) is 2. The lowest BCUT2D eigenvalue weighted by molar-refractivity contribution is 0.316. The molecule has 0 amide bonds. The van der Waals surface area contributed by atoms with Crippen LogP contribution in [0, 0.1) is 6.92 Å². The van der Waals surface area contributed by atoms with E-state index in [1.807, 2.05) is 0 Å². The van der Waals surface area contributed by atoms with Gasteiger partial charge in [-0.15, -0.1) is 5.10 Å². The zero-order valence-corrected chi connectivity index (χ0v) is 13.5. The summed E-state index contributed by atoms with van der Waals surface area (Å²) in [6, 6.07) is 5.24. The van der Waals surface area contributed by atoms with Crippen LogP contribution in [-0.4, -0.2) is 40.6 Å². The van der Waals surface area contributed by atoms with Crippen molar-refractivity contribution in [2.75, 3.05) is 5.73 Å². The predicted molar refractivity (Wildman–Crippen MR) is 84.9 cm³/mol. The summed E-state index contributed by atoms with van der Waals surface area (Å²) < 4.78 is 5.47. The van der Waals surface area contributed by atoms with Gasteiger partial charge < -0.3 is 10.9 Å². The maximum absolute atomic E-state index is 9.44. The van der Waals surface area contributed by atoms with Gasteiger partial charge in [0.1, 0.15) is 5.82 Å². The fraction of sp³-hybridized carbons (Fsp3) is 0.167. The van der Waals surface area contributed by atoms with Crippen LogP contribution in [-0.2, 0) is 6.42 Å². The Balaban J connectivity index is 2.09. The highest BCUT2D eigenvalue weighted by Gasteiger charge is 2.19. The molecule has 0 saturated carbocycles. The molecular weight excluding hydrogens is 340 g/mol. The highest BCUT2D eigenvalue weighted by atomic mass is 35.5. The van der Waals surface area contributed by atoms with Crippen LogP contribution in [0.1, 0.15) is 22.8 Å². The van der Waals surface area contributed by atoms with Gasteiger partial charge in [-0.1, -0.05) is 28.9 Å². The molecule has 3 aromatic rings. The van der Waals surface area contributed by atoms with Gasteiger partial charge in [-0.25, -0.2) is 4.98 Å². The number of benzene rings is 1. The van der Waals surface area contributed by atoms with Crippen LogP contribution < -0.4 is 5.73 Å². The first-order chi connectivity index (χ1) is 11.1. The number of aromatic nitrogens is 6. The number of tetrazole rings is 1. The Morgan fingerprint density at radius 2 is 2.30 bits per heavy atom. The maximum atomic E-state index is 9.44. The number of hydrogen-bond acceptors (Lipinski definition) is 9. The zero-order chi connectivity index (χ0) is 16.4. The molecule has 0 fully saturated rings. The van der Waals surface area contributed by atoms with Crippen LogP contribution in [0.25, 0.3) is 0 Å². The van der Waals surface area contributed by atoms with Gasteiger partial charge in [0.15, 0.2) is 11.0 Å². The number of rotatable bonds is 3. The molecule has 0 atom stereocenters. The monoisotopic (exact) mass is 350 g/mol. The number of nitrogens with zero attached hydrogens (tertiary/aromatic N) is 7. The Morgan fingerprint density at radius 1 is 1.48 bits per heavy atom. The van der Waals surface area contributed by atoms with Gasteiger partial charge in [0, 0.05) is 28.5 Å². The minimum absolute atomic E-state index is 0.160. The molecule has 0 saturated heterocycles. The standard InChI is InChI=1S/C12H11ClN8OS/c1-6-16-19-20-21(6)11(17-22)7-3-2-4-9(13)8(7)5-10-15-12(14)23-18-10/h2-4,22H,5H2,1H3,(H2,14,15,18). The van der Waals surface area contributed by atoms with Crippen molar-refractivity contribution >= 4 is 34.1 Å². The number of aryl methyl sites for hydroxylation is 1. The van der Waals surface area contributed by atoms with E-state index < -0.39 is 0 Å². The van der Waals surface area contributed by atoms with E-state index in [4.69, 9.17) is 17.3 Å². The van der Waals surface area contributed by atoms with Gasteiger partial charge >= 0.3 is 0 Å². The summed E-state index contributed by atoms with van der Waals surface area (Å²) >= 11 is 7.41. The van der Waals surface area contributed by atoms with E-state index in [1.54, 1.807) is 25.1 Å². The highest BCUT2D eigenvalue weighted by Crippen LogP contribution is 2.24. The number of nitrogen functional groups attached to an aromatic ring is 1. The summed E-state index contributed by atoms with van der Waals surface area (Å²) in [5.41, 5.74) is 6.87. The second-order valence-corrected chi connectivity index (χ2v) is 5.74. The van der Waals surface area contributed by atoms with Crippen molar-refractivity contribution in [2.45, 2.75) is 13.3 Å². The Kier molecular flexibility index (Phi) is 4.17. The summed E-state index contributed by atoms with van der Waals surface area (Å²) in [5.74, 6) is 1.17. The lowest BCUT2D eigenvalue weighted by Gasteiger charge is -2.11. The van der Waals surface area contributed by atoms with Gasteiger partial charge in [-0.05, 0) is 29.0 Å². The van der Waals surface area contributed by atoms with Gasteiger partial charge in [-0.3, -0.25) is 0 Å². The largest absolute Gasteiger partial charge is 0.409 e. The number of halogens is 1. The summed E-state index contributed by atoms with van der Waals surface area (Å²) in [7, 11) is 0. The maximum Gasteiger partial charge on any atom is 0.203 e. The molecule has 0 aliphatic rings. The zero-order valence-electron chi connectivity index (χ0n) is 11.9. The first-order valence-corrected chi connectivity index (χ1v) is 7.58. The summed E-state index contributed by atoms with van der Waals surface area (Å²) in [5, 5.41) is 24.8. The smallest absolute Gasteiger partial charge is 0.203 e. The van der Waals surface area contributed by atoms with Crippen LogP contribution in [0.15, 0.2) is 23.4 Å². The molecule has 0 aliphatic heterocycles. The lowest BCUT2D eigenvalue weighted by atomic mass is 10.0. The Morgan fingerprint density at radius 3 is 2.91 bits per heavy atom. The van der Waals surface area contributed by atoms with Crippen molar-refractivity contribution in [2.24, 2.45) is 5.16 Å². The van der Waals surface area contributed by atoms with Crippen molar-refractivity contribution < 1.29 is 5.21 Å². The summed E-state index contributed by atoms with van der Waals surface area (Å²) in [4.78, 5) is 4.13. The molecule has 2 aromatic heterocycles. The van der Waals surface area contributed by atoms with E-state index in [-0.39, 0.29) is 5.84 Å². The average Bonchev–Trinajstić information content (AvgIpc) is 3.12. The number of oxime groups is 1. The first kappa shape index (κ1) is 15.3. The molecule has 3 N–H and O–H groups in total. The van der Waals surface area contributed by atoms with E-state index >= 15 is 0 Å². The van der Waals surface area contributed by atoms with E-state index in [2.05, 4.69) is 30.0 Å². The van der Waals surface area contributed by atoms with Crippen LogP contribution in [0.3, 0.4) is 0 Å². The highest BCUT2D eigenvalue weighted by molar-refractivity contribution is 7.09.